The molecule has 4 heteroatoms. The van der Waals surface area contributed by atoms with Crippen molar-refractivity contribution >= 4 is 28.3 Å². The van der Waals surface area contributed by atoms with Gasteiger partial charge in [-0.15, -0.1) is 12.4 Å². The van der Waals surface area contributed by atoms with Crippen molar-refractivity contribution in [1.82, 2.24) is 4.98 Å². The number of nitrogens with zero attached hydrogens (tertiary/aromatic N) is 1. The molecule has 1 rings (SSSR count). The van der Waals surface area contributed by atoms with Gasteiger partial charge in [-0.2, -0.15) is 0 Å². The summed E-state index contributed by atoms with van der Waals surface area (Å²) in [5, 5.41) is 0. The molecule has 1 aromatic rings. The van der Waals surface area contributed by atoms with Gasteiger partial charge in [0.1, 0.15) is 4.60 Å². The molecule has 1 aromatic heterocycles. The summed E-state index contributed by atoms with van der Waals surface area (Å²) in [7, 11) is 0. The van der Waals surface area contributed by atoms with Crippen molar-refractivity contribution in [3.63, 3.8) is 0 Å². The van der Waals surface area contributed by atoms with E-state index in [0.29, 0.717) is 0 Å². The molecule has 0 aliphatic rings. The molecule has 2 N–H and O–H groups in total. The summed E-state index contributed by atoms with van der Waals surface area (Å²) in [6.07, 6.45) is 0.920. The van der Waals surface area contributed by atoms with Crippen molar-refractivity contribution in [2.24, 2.45) is 5.73 Å². The van der Waals surface area contributed by atoms with E-state index in [1.54, 1.807) is 0 Å². The second kappa shape index (κ2) is 5.51. The summed E-state index contributed by atoms with van der Waals surface area (Å²) in [6, 6.07) is 5.85. The summed E-state index contributed by atoms with van der Waals surface area (Å²) in [5.74, 6) is 0. The predicted molar refractivity (Wildman–Crippen MR) is 56.4 cm³/mol. The van der Waals surface area contributed by atoms with E-state index in [9.17, 15) is 0 Å². The van der Waals surface area contributed by atoms with Gasteiger partial charge in [-0.05, 0) is 34.5 Å². The number of rotatable bonds is 2. The van der Waals surface area contributed by atoms with Gasteiger partial charge in [-0.3, -0.25) is 0 Å². The van der Waals surface area contributed by atoms with Crippen LogP contribution in [-0.2, 0) is 0 Å². The molecule has 12 heavy (non-hydrogen) atoms. The van der Waals surface area contributed by atoms with Gasteiger partial charge in [0.05, 0.1) is 5.69 Å². The first-order chi connectivity index (χ1) is 5.24. The number of hydrogen-bond donors (Lipinski definition) is 1. The fourth-order valence-electron chi connectivity index (χ4n) is 0.840. The van der Waals surface area contributed by atoms with Gasteiger partial charge in [0.15, 0.2) is 0 Å². The molecule has 0 aromatic carbocycles. The summed E-state index contributed by atoms with van der Waals surface area (Å²) >= 11 is 3.29. The first kappa shape index (κ1) is 11.9. The van der Waals surface area contributed by atoms with E-state index in [0.717, 1.165) is 16.7 Å². The molecule has 0 unspecified atom stereocenters. The maximum absolute atomic E-state index is 5.78. The molecule has 0 spiro atoms. The lowest BCUT2D eigenvalue weighted by Crippen LogP contribution is -2.10. The predicted octanol–water partition coefficient (Wildman–Crippen LogP) is 2.68. The minimum atomic E-state index is 0. The lowest BCUT2D eigenvalue weighted by molar-refractivity contribution is 0.674. The molecule has 0 aliphatic heterocycles. The van der Waals surface area contributed by atoms with Crippen LogP contribution < -0.4 is 5.73 Å². The molecule has 0 radical (unpaired) electrons. The average Bonchev–Trinajstić information content (AvgIpc) is 2.03. The Kier molecular flexibility index (Phi) is 5.46. The number of hydrogen-bond acceptors (Lipinski definition) is 2. The smallest absolute Gasteiger partial charge is 0.106 e. The zero-order valence-corrected chi connectivity index (χ0v) is 9.23. The van der Waals surface area contributed by atoms with Crippen molar-refractivity contribution in [2.45, 2.75) is 19.4 Å². The highest BCUT2D eigenvalue weighted by atomic mass is 79.9. The summed E-state index contributed by atoms with van der Waals surface area (Å²) in [4.78, 5) is 4.24. The Hall–Kier alpha value is -0.120. The maximum atomic E-state index is 5.78. The van der Waals surface area contributed by atoms with Crippen molar-refractivity contribution in [3.8, 4) is 0 Å². The third-order valence-electron chi connectivity index (χ3n) is 1.56. The summed E-state index contributed by atoms with van der Waals surface area (Å²) in [5.41, 5.74) is 6.73. The normalized spacial score (nSPS) is 11.9. The van der Waals surface area contributed by atoms with Crippen LogP contribution in [0.3, 0.4) is 0 Å². The van der Waals surface area contributed by atoms with Crippen LogP contribution in [0.1, 0.15) is 25.1 Å². The highest BCUT2D eigenvalue weighted by Crippen LogP contribution is 2.13. The topological polar surface area (TPSA) is 38.9 Å². The molecule has 2 nitrogen and oxygen atoms in total. The van der Waals surface area contributed by atoms with E-state index in [-0.39, 0.29) is 18.4 Å². The van der Waals surface area contributed by atoms with Crippen molar-refractivity contribution in [3.05, 3.63) is 28.5 Å². The zero-order chi connectivity index (χ0) is 8.27. The van der Waals surface area contributed by atoms with E-state index in [1.807, 2.05) is 25.1 Å². The van der Waals surface area contributed by atoms with Crippen molar-refractivity contribution < 1.29 is 0 Å². The molecule has 0 saturated carbocycles. The second-order valence-corrected chi connectivity index (χ2v) is 3.21. The Morgan fingerprint density at radius 1 is 1.58 bits per heavy atom. The van der Waals surface area contributed by atoms with E-state index in [4.69, 9.17) is 5.73 Å². The first-order valence-corrected chi connectivity index (χ1v) is 4.41. The quantitative estimate of drug-likeness (QED) is 0.821. The zero-order valence-electron chi connectivity index (χ0n) is 6.83. The molecule has 1 atom stereocenters. The molecule has 0 amide bonds. The van der Waals surface area contributed by atoms with Crippen LogP contribution in [0.2, 0.25) is 0 Å². The fraction of sp³-hybridized carbons (Fsp3) is 0.375. The minimum Gasteiger partial charge on any atom is -0.323 e. The lowest BCUT2D eigenvalue weighted by Gasteiger charge is -2.06. The molecule has 0 saturated heterocycles. The van der Waals surface area contributed by atoms with Gasteiger partial charge < -0.3 is 5.73 Å². The molecule has 1 heterocycles. The third-order valence-corrected chi connectivity index (χ3v) is 2.00. The van der Waals surface area contributed by atoms with E-state index in [2.05, 4.69) is 20.9 Å². The van der Waals surface area contributed by atoms with Gasteiger partial charge in [-0.25, -0.2) is 4.98 Å². The summed E-state index contributed by atoms with van der Waals surface area (Å²) in [6.45, 7) is 2.05. The minimum absolute atomic E-state index is 0. The first-order valence-electron chi connectivity index (χ1n) is 3.62. The van der Waals surface area contributed by atoms with Crippen LogP contribution in [0, 0.1) is 0 Å². The Morgan fingerprint density at radius 3 is 2.75 bits per heavy atom. The van der Waals surface area contributed by atoms with Gasteiger partial charge >= 0.3 is 0 Å². The van der Waals surface area contributed by atoms with E-state index in [1.165, 1.54) is 0 Å². The lowest BCUT2D eigenvalue weighted by atomic mass is 10.1. The average molecular weight is 252 g/mol. The summed E-state index contributed by atoms with van der Waals surface area (Å²) < 4.78 is 0.846. The highest BCUT2D eigenvalue weighted by molar-refractivity contribution is 9.10. The molecular formula is C8H12BrClN2. The maximum Gasteiger partial charge on any atom is 0.106 e. The van der Waals surface area contributed by atoms with Crippen LogP contribution in [0.25, 0.3) is 0 Å². The van der Waals surface area contributed by atoms with Gasteiger partial charge in [0.25, 0.3) is 0 Å². The third kappa shape index (κ3) is 3.09. The molecule has 0 bridgehead atoms. The Balaban J connectivity index is 0.00000121. The van der Waals surface area contributed by atoms with E-state index >= 15 is 0 Å². The van der Waals surface area contributed by atoms with Crippen LogP contribution in [0.15, 0.2) is 22.8 Å². The SMILES string of the molecule is CC[C@@H](N)c1cccc(Br)n1.Cl. The standard InChI is InChI=1S/C8H11BrN2.ClH/c1-2-6(10)7-4-3-5-8(9)11-7;/h3-6H,2,10H2,1H3;1H/t6-;/m1./s1. The Labute approximate surface area is 87.1 Å². The molecule has 68 valence electrons. The second-order valence-electron chi connectivity index (χ2n) is 2.40. The number of halogens is 2. The van der Waals surface area contributed by atoms with Crippen LogP contribution in [-0.4, -0.2) is 4.98 Å². The van der Waals surface area contributed by atoms with Crippen LogP contribution in [0.5, 0.6) is 0 Å². The molecular weight excluding hydrogens is 239 g/mol. The van der Waals surface area contributed by atoms with E-state index < -0.39 is 0 Å². The van der Waals surface area contributed by atoms with Gasteiger partial charge in [0, 0.05) is 6.04 Å². The van der Waals surface area contributed by atoms with Gasteiger partial charge in [-0.1, -0.05) is 13.0 Å². The largest absolute Gasteiger partial charge is 0.323 e. The monoisotopic (exact) mass is 250 g/mol. The van der Waals surface area contributed by atoms with Crippen molar-refractivity contribution in [1.29, 1.82) is 0 Å². The number of nitrogens with two attached hydrogens (primary N) is 1. The fourth-order valence-corrected chi connectivity index (χ4v) is 1.20. The van der Waals surface area contributed by atoms with Crippen LogP contribution in [0.4, 0.5) is 0 Å². The number of aromatic nitrogens is 1. The molecule has 0 aliphatic carbocycles. The van der Waals surface area contributed by atoms with Crippen LogP contribution >= 0.6 is 28.3 Å². The highest BCUT2D eigenvalue weighted by Gasteiger charge is 2.03. The Morgan fingerprint density at radius 2 is 2.25 bits per heavy atom. The Bertz CT molecular complexity index is 242. The van der Waals surface area contributed by atoms with Gasteiger partial charge in [0.2, 0.25) is 0 Å². The number of pyridine rings is 1. The van der Waals surface area contributed by atoms with Crippen molar-refractivity contribution in [2.75, 3.05) is 0 Å². The molecule has 0 fully saturated rings.